The zero-order chi connectivity index (χ0) is 24.5. The van der Waals surface area contributed by atoms with E-state index in [0.29, 0.717) is 24.5 Å². The van der Waals surface area contributed by atoms with Crippen molar-refractivity contribution in [3.05, 3.63) is 65.7 Å². The first-order valence-electron chi connectivity index (χ1n) is 10.7. The number of nitrogens with zero attached hydrogens (tertiary/aromatic N) is 3. The number of anilines is 2. The minimum absolute atomic E-state index is 0.227. The predicted octanol–water partition coefficient (Wildman–Crippen LogP) is 4.07. The summed E-state index contributed by atoms with van der Waals surface area (Å²) in [5.41, 5.74) is -0.441. The van der Waals surface area contributed by atoms with E-state index >= 15 is 0 Å². The maximum absolute atomic E-state index is 13.7. The monoisotopic (exact) mass is 491 g/mol. The number of hydrogen-bond acceptors (Lipinski definition) is 6. The molecule has 1 unspecified atom stereocenters. The van der Waals surface area contributed by atoms with Crippen molar-refractivity contribution >= 4 is 21.7 Å². The fourth-order valence-electron chi connectivity index (χ4n) is 3.85. The van der Waals surface area contributed by atoms with Crippen molar-refractivity contribution in [2.75, 3.05) is 29.3 Å². The minimum Gasteiger partial charge on any atom is -0.354 e. The molecule has 0 amide bonds. The van der Waals surface area contributed by atoms with Crippen LogP contribution in [0.2, 0.25) is 0 Å². The van der Waals surface area contributed by atoms with E-state index in [9.17, 15) is 21.6 Å². The van der Waals surface area contributed by atoms with Gasteiger partial charge in [0.2, 0.25) is 0 Å². The summed E-state index contributed by atoms with van der Waals surface area (Å²) in [5.74, 6) is 0.284. The Kier molecular flexibility index (Phi) is 6.50. The van der Waals surface area contributed by atoms with Crippen molar-refractivity contribution in [2.24, 2.45) is 0 Å². The van der Waals surface area contributed by atoms with Gasteiger partial charge in [-0.1, -0.05) is 30.3 Å². The highest BCUT2D eigenvalue weighted by molar-refractivity contribution is 7.92. The zero-order valence-corrected chi connectivity index (χ0v) is 19.4. The molecule has 1 aliphatic rings. The summed E-state index contributed by atoms with van der Waals surface area (Å²) < 4.78 is 69.3. The van der Waals surface area contributed by atoms with Crippen molar-refractivity contribution in [1.29, 1.82) is 0 Å². The van der Waals surface area contributed by atoms with Gasteiger partial charge in [0.1, 0.15) is 11.6 Å². The van der Waals surface area contributed by atoms with Gasteiger partial charge >= 0.3 is 6.18 Å². The third-order valence-corrected chi connectivity index (χ3v) is 6.77. The molecular weight excluding hydrogens is 467 g/mol. The van der Waals surface area contributed by atoms with Crippen LogP contribution in [0.1, 0.15) is 18.1 Å². The van der Waals surface area contributed by atoms with Crippen LogP contribution in [-0.2, 0) is 16.2 Å². The fourth-order valence-corrected chi connectivity index (χ4v) is 4.81. The number of alkyl halides is 3. The molecule has 0 radical (unpaired) electrons. The Morgan fingerprint density at radius 1 is 1.06 bits per heavy atom. The van der Waals surface area contributed by atoms with E-state index in [1.54, 1.807) is 37.3 Å². The highest BCUT2D eigenvalue weighted by Crippen LogP contribution is 2.38. The summed E-state index contributed by atoms with van der Waals surface area (Å²) in [4.78, 5) is 10.3. The van der Waals surface area contributed by atoms with E-state index in [4.69, 9.17) is 0 Å². The summed E-state index contributed by atoms with van der Waals surface area (Å²) in [6.45, 7) is 5.78. The average Bonchev–Trinajstić information content (AvgIpc) is 2.78. The number of halogens is 3. The van der Waals surface area contributed by atoms with Crippen LogP contribution in [0, 0.1) is 6.92 Å². The van der Waals surface area contributed by atoms with Gasteiger partial charge in [0.25, 0.3) is 10.0 Å². The third-order valence-electron chi connectivity index (χ3n) is 5.52. The van der Waals surface area contributed by atoms with Gasteiger partial charge in [-0.15, -0.1) is 0 Å². The molecule has 1 saturated heterocycles. The fraction of sp³-hybridized carbons (Fsp3) is 0.304. The highest BCUT2D eigenvalue weighted by Gasteiger charge is 2.35. The summed E-state index contributed by atoms with van der Waals surface area (Å²) >= 11 is 0. The Labute approximate surface area is 196 Å². The van der Waals surface area contributed by atoms with Crippen LogP contribution in [-0.4, -0.2) is 44.1 Å². The Morgan fingerprint density at radius 3 is 2.53 bits per heavy atom. The van der Waals surface area contributed by atoms with E-state index in [0.717, 1.165) is 18.7 Å². The summed E-state index contributed by atoms with van der Waals surface area (Å²) in [6, 6.07) is 13.2. The van der Waals surface area contributed by atoms with Crippen molar-refractivity contribution < 1.29 is 21.6 Å². The smallest absolute Gasteiger partial charge is 0.354 e. The molecule has 0 saturated carbocycles. The predicted molar refractivity (Wildman–Crippen MR) is 124 cm³/mol. The van der Waals surface area contributed by atoms with E-state index in [-0.39, 0.29) is 28.1 Å². The lowest BCUT2D eigenvalue weighted by Gasteiger charge is -2.32. The maximum Gasteiger partial charge on any atom is 0.418 e. The molecule has 3 aromatic rings. The number of rotatable bonds is 5. The number of nitrogens with one attached hydrogen (secondary N) is 2. The normalized spacial score (nSPS) is 17.0. The lowest BCUT2D eigenvalue weighted by molar-refractivity contribution is -0.137. The van der Waals surface area contributed by atoms with Gasteiger partial charge in [0, 0.05) is 31.2 Å². The van der Waals surface area contributed by atoms with Gasteiger partial charge in [-0.2, -0.15) is 21.6 Å². The molecule has 180 valence electrons. The number of aromatic nitrogens is 2. The molecule has 2 aromatic heterocycles. The SMILES string of the molecule is Cc1ccccc1-c1nc(NS(=O)(=O)c2cccc(N3CCNC(C)C3)n2)ccc1C(F)(F)F. The second-order valence-electron chi connectivity index (χ2n) is 8.15. The molecule has 4 rings (SSSR count). The largest absolute Gasteiger partial charge is 0.418 e. The van der Waals surface area contributed by atoms with E-state index in [2.05, 4.69) is 20.0 Å². The van der Waals surface area contributed by atoms with Crippen LogP contribution in [0.5, 0.6) is 0 Å². The van der Waals surface area contributed by atoms with Crippen molar-refractivity contribution in [2.45, 2.75) is 31.1 Å². The van der Waals surface area contributed by atoms with E-state index < -0.39 is 21.8 Å². The second-order valence-corrected chi connectivity index (χ2v) is 9.78. The van der Waals surface area contributed by atoms with Gasteiger partial charge in [-0.05, 0) is 43.7 Å². The quantitative estimate of drug-likeness (QED) is 0.560. The summed E-state index contributed by atoms with van der Waals surface area (Å²) in [6.07, 6.45) is -4.65. The summed E-state index contributed by atoms with van der Waals surface area (Å²) in [7, 11) is -4.19. The molecule has 1 aromatic carbocycles. The summed E-state index contributed by atoms with van der Waals surface area (Å²) in [5, 5.41) is 3.07. The third kappa shape index (κ3) is 5.15. The second kappa shape index (κ2) is 9.22. The first-order chi connectivity index (χ1) is 16.0. The van der Waals surface area contributed by atoms with Crippen LogP contribution in [0.4, 0.5) is 24.8 Å². The highest BCUT2D eigenvalue weighted by atomic mass is 32.2. The lowest BCUT2D eigenvalue weighted by Crippen LogP contribution is -2.49. The van der Waals surface area contributed by atoms with E-state index in [1.165, 1.54) is 12.1 Å². The van der Waals surface area contributed by atoms with Crippen LogP contribution >= 0.6 is 0 Å². The number of aryl methyl sites for hydroxylation is 1. The molecule has 0 bridgehead atoms. The molecule has 0 aliphatic carbocycles. The molecule has 1 aliphatic heterocycles. The molecule has 1 atom stereocenters. The first kappa shape index (κ1) is 24.0. The van der Waals surface area contributed by atoms with Crippen LogP contribution < -0.4 is 14.9 Å². The number of sulfonamides is 1. The maximum atomic E-state index is 13.7. The molecule has 34 heavy (non-hydrogen) atoms. The van der Waals surface area contributed by atoms with Crippen LogP contribution in [0.3, 0.4) is 0 Å². The number of piperazine rings is 1. The van der Waals surface area contributed by atoms with Crippen LogP contribution in [0.15, 0.2) is 59.6 Å². The standard InChI is InChI=1S/C23H24F3N5O2S/c1-15-6-3-4-7-17(15)22-18(23(24,25)26)10-11-19(28-22)30-34(32,33)21-9-5-8-20(29-21)31-13-12-27-16(2)14-31/h3-11,16,27H,12-14H2,1-2H3,(H,28,30). The Hall–Kier alpha value is -3.18. The molecule has 7 nitrogen and oxygen atoms in total. The van der Waals surface area contributed by atoms with E-state index in [1.807, 2.05) is 11.8 Å². The van der Waals surface area contributed by atoms with Gasteiger partial charge < -0.3 is 10.2 Å². The Morgan fingerprint density at radius 2 is 1.82 bits per heavy atom. The molecule has 2 N–H and O–H groups in total. The first-order valence-corrected chi connectivity index (χ1v) is 12.2. The lowest BCUT2D eigenvalue weighted by atomic mass is 10.0. The van der Waals surface area contributed by atoms with Gasteiger partial charge in [-0.3, -0.25) is 4.72 Å². The number of benzene rings is 1. The van der Waals surface area contributed by atoms with Crippen molar-refractivity contribution in [1.82, 2.24) is 15.3 Å². The average molecular weight is 492 g/mol. The number of hydrogen-bond donors (Lipinski definition) is 2. The molecular formula is C23H24F3N5O2S. The zero-order valence-electron chi connectivity index (χ0n) is 18.6. The molecule has 11 heteroatoms. The molecule has 0 spiro atoms. The molecule has 3 heterocycles. The minimum atomic E-state index is -4.65. The van der Waals surface area contributed by atoms with Gasteiger partial charge in [0.15, 0.2) is 5.03 Å². The molecule has 1 fully saturated rings. The topological polar surface area (TPSA) is 87.2 Å². The van der Waals surface area contributed by atoms with Gasteiger partial charge in [-0.25, -0.2) is 9.97 Å². The van der Waals surface area contributed by atoms with Crippen molar-refractivity contribution in [3.8, 4) is 11.3 Å². The van der Waals surface area contributed by atoms with Crippen LogP contribution in [0.25, 0.3) is 11.3 Å². The van der Waals surface area contributed by atoms with Gasteiger partial charge in [0.05, 0.1) is 11.3 Å². The Balaban J connectivity index is 1.68. The Bertz CT molecular complexity index is 1300. The van der Waals surface area contributed by atoms with Crippen molar-refractivity contribution in [3.63, 3.8) is 0 Å². The number of pyridine rings is 2.